The van der Waals surface area contributed by atoms with Crippen molar-refractivity contribution in [2.45, 2.75) is 0 Å². The molecule has 0 aliphatic carbocycles. The molecule has 0 saturated carbocycles. The summed E-state index contributed by atoms with van der Waals surface area (Å²) in [6.45, 7) is 0. The summed E-state index contributed by atoms with van der Waals surface area (Å²) in [5.74, 6) is 0.431. The maximum atomic E-state index is 6.28. The molecule has 0 radical (unpaired) electrons. The highest BCUT2D eigenvalue weighted by Crippen LogP contribution is 2.29. The van der Waals surface area contributed by atoms with Crippen LogP contribution in [0.25, 0.3) is 28.1 Å². The lowest BCUT2D eigenvalue weighted by atomic mass is 10.2. The lowest BCUT2D eigenvalue weighted by Gasteiger charge is -2.04. The summed E-state index contributed by atoms with van der Waals surface area (Å²) < 4.78 is 1.90. The molecule has 3 aromatic heterocycles. The van der Waals surface area contributed by atoms with Crippen LogP contribution in [-0.4, -0.2) is 30.0 Å². The van der Waals surface area contributed by atoms with Crippen molar-refractivity contribution in [1.82, 2.24) is 30.0 Å². The average molecular weight is 305 g/mol. The molecule has 0 saturated heterocycles. The molecule has 6 nitrogen and oxygen atoms in total. The summed E-state index contributed by atoms with van der Waals surface area (Å²) in [7, 11) is 0. The number of nitrogens with zero attached hydrogens (tertiary/aromatic N) is 5. The van der Waals surface area contributed by atoms with E-state index >= 15 is 0 Å². The van der Waals surface area contributed by atoms with Crippen molar-refractivity contribution in [3.8, 4) is 11.5 Å². The third kappa shape index (κ3) is 1.65. The topological polar surface area (TPSA) is 71.8 Å². The molecule has 0 fully saturated rings. The monoisotopic (exact) mass is 304 g/mol. The number of halogens is 2. The summed E-state index contributed by atoms with van der Waals surface area (Å²) in [6, 6.07) is 7.32. The van der Waals surface area contributed by atoms with Gasteiger partial charge in [0.15, 0.2) is 0 Å². The van der Waals surface area contributed by atoms with Crippen LogP contribution in [0.4, 0.5) is 0 Å². The van der Waals surface area contributed by atoms with E-state index in [4.69, 9.17) is 23.2 Å². The predicted molar refractivity (Wildman–Crippen MR) is 75.9 cm³/mol. The number of imidazole rings is 1. The van der Waals surface area contributed by atoms with Crippen LogP contribution in [0.3, 0.4) is 0 Å². The number of hydrogen-bond donors (Lipinski definition) is 1. The quantitative estimate of drug-likeness (QED) is 0.587. The van der Waals surface area contributed by atoms with Crippen LogP contribution in [-0.2, 0) is 0 Å². The van der Waals surface area contributed by atoms with Gasteiger partial charge < -0.3 is 0 Å². The standard InChI is InChI=1S/C12H6Cl2N6/c13-6-1-2-7-8(14)4-11-15-9(12-16-18-19-17-12)5-20(11)10(7)3-6/h1-5H,(H,16,17,18,19). The molecule has 0 amide bonds. The first-order valence-electron chi connectivity index (χ1n) is 5.73. The zero-order valence-corrected chi connectivity index (χ0v) is 11.4. The SMILES string of the molecule is Clc1ccc2c(Cl)cc3nc(-c4nn[nH]n4)cn3c2c1. The van der Waals surface area contributed by atoms with Gasteiger partial charge in [0, 0.05) is 22.7 Å². The third-order valence-corrected chi connectivity index (χ3v) is 3.59. The summed E-state index contributed by atoms with van der Waals surface area (Å²) in [4.78, 5) is 4.45. The van der Waals surface area contributed by atoms with Gasteiger partial charge >= 0.3 is 0 Å². The number of hydrogen-bond acceptors (Lipinski definition) is 4. The predicted octanol–water partition coefficient (Wildman–Crippen LogP) is 2.97. The first kappa shape index (κ1) is 11.6. The van der Waals surface area contributed by atoms with Crippen molar-refractivity contribution < 1.29 is 0 Å². The van der Waals surface area contributed by atoms with E-state index in [1.807, 2.05) is 22.7 Å². The second kappa shape index (κ2) is 4.16. The molecule has 98 valence electrons. The van der Waals surface area contributed by atoms with Gasteiger partial charge in [0.2, 0.25) is 5.82 Å². The minimum atomic E-state index is 0.431. The molecule has 1 aromatic carbocycles. The molecular formula is C12H6Cl2N6. The zero-order valence-electron chi connectivity index (χ0n) is 9.88. The minimum Gasteiger partial charge on any atom is -0.299 e. The second-order valence-electron chi connectivity index (χ2n) is 4.24. The summed E-state index contributed by atoms with van der Waals surface area (Å²) in [6.07, 6.45) is 1.83. The number of aromatic nitrogens is 6. The largest absolute Gasteiger partial charge is 0.299 e. The second-order valence-corrected chi connectivity index (χ2v) is 5.09. The van der Waals surface area contributed by atoms with Crippen molar-refractivity contribution in [3.63, 3.8) is 0 Å². The molecular weight excluding hydrogens is 299 g/mol. The smallest absolute Gasteiger partial charge is 0.224 e. The van der Waals surface area contributed by atoms with Crippen molar-refractivity contribution in [3.05, 3.63) is 40.5 Å². The van der Waals surface area contributed by atoms with Crippen molar-refractivity contribution >= 4 is 39.8 Å². The van der Waals surface area contributed by atoms with Crippen molar-refractivity contribution in [2.24, 2.45) is 0 Å². The number of benzene rings is 1. The Morgan fingerprint density at radius 1 is 1.15 bits per heavy atom. The van der Waals surface area contributed by atoms with Gasteiger partial charge in [0.25, 0.3) is 0 Å². The van der Waals surface area contributed by atoms with Gasteiger partial charge in [-0.05, 0) is 23.4 Å². The molecule has 1 N–H and O–H groups in total. The van der Waals surface area contributed by atoms with E-state index in [9.17, 15) is 0 Å². The molecule has 0 bridgehead atoms. The molecule has 0 unspecified atom stereocenters. The van der Waals surface area contributed by atoms with Crippen LogP contribution >= 0.6 is 23.2 Å². The Morgan fingerprint density at radius 2 is 2.05 bits per heavy atom. The highest BCUT2D eigenvalue weighted by molar-refractivity contribution is 6.36. The van der Waals surface area contributed by atoms with Gasteiger partial charge in [-0.25, -0.2) is 4.98 Å². The summed E-state index contributed by atoms with van der Waals surface area (Å²) in [5, 5.41) is 15.9. The van der Waals surface area contributed by atoms with Crippen LogP contribution in [0.5, 0.6) is 0 Å². The van der Waals surface area contributed by atoms with E-state index in [1.165, 1.54) is 0 Å². The van der Waals surface area contributed by atoms with Crippen molar-refractivity contribution in [1.29, 1.82) is 0 Å². The van der Waals surface area contributed by atoms with Gasteiger partial charge in [-0.2, -0.15) is 5.21 Å². The minimum absolute atomic E-state index is 0.431. The molecule has 3 heterocycles. The third-order valence-electron chi connectivity index (χ3n) is 3.04. The average Bonchev–Trinajstić information content (AvgIpc) is 3.06. The Kier molecular flexibility index (Phi) is 2.42. The molecule has 4 aromatic rings. The number of H-pyrrole nitrogens is 1. The van der Waals surface area contributed by atoms with E-state index in [1.54, 1.807) is 12.1 Å². The number of tetrazole rings is 1. The van der Waals surface area contributed by atoms with E-state index in [0.717, 1.165) is 10.9 Å². The maximum Gasteiger partial charge on any atom is 0.224 e. The fourth-order valence-corrected chi connectivity index (χ4v) is 2.59. The van der Waals surface area contributed by atoms with E-state index in [-0.39, 0.29) is 0 Å². The molecule has 0 aliphatic heterocycles. The Balaban J connectivity index is 2.11. The number of pyridine rings is 1. The van der Waals surface area contributed by atoms with E-state index in [2.05, 4.69) is 25.6 Å². The van der Waals surface area contributed by atoms with Crippen LogP contribution in [0.2, 0.25) is 10.0 Å². The van der Waals surface area contributed by atoms with E-state index in [0.29, 0.717) is 27.2 Å². The fraction of sp³-hybridized carbons (Fsp3) is 0. The highest BCUT2D eigenvalue weighted by atomic mass is 35.5. The molecule has 0 aliphatic rings. The number of rotatable bonds is 1. The summed E-state index contributed by atoms with van der Waals surface area (Å²) >= 11 is 12.3. The number of nitrogens with one attached hydrogen (secondary N) is 1. The Bertz CT molecular complexity index is 928. The van der Waals surface area contributed by atoms with Crippen LogP contribution in [0.15, 0.2) is 30.5 Å². The molecule has 4 rings (SSSR count). The zero-order chi connectivity index (χ0) is 13.7. The first-order valence-corrected chi connectivity index (χ1v) is 6.49. The maximum absolute atomic E-state index is 6.28. The molecule has 0 spiro atoms. The van der Waals surface area contributed by atoms with Gasteiger partial charge in [0.1, 0.15) is 11.3 Å². The van der Waals surface area contributed by atoms with Gasteiger partial charge in [0.05, 0.1) is 10.5 Å². The Hall–Kier alpha value is -2.18. The highest BCUT2D eigenvalue weighted by Gasteiger charge is 2.12. The normalized spacial score (nSPS) is 11.5. The van der Waals surface area contributed by atoms with Crippen molar-refractivity contribution in [2.75, 3.05) is 0 Å². The molecule has 20 heavy (non-hydrogen) atoms. The Morgan fingerprint density at radius 3 is 2.85 bits per heavy atom. The lowest BCUT2D eigenvalue weighted by Crippen LogP contribution is -1.87. The number of fused-ring (bicyclic) bond motifs is 3. The van der Waals surface area contributed by atoms with Crippen LogP contribution < -0.4 is 0 Å². The van der Waals surface area contributed by atoms with Crippen LogP contribution in [0.1, 0.15) is 0 Å². The van der Waals surface area contributed by atoms with Crippen LogP contribution in [0, 0.1) is 0 Å². The molecule has 0 atom stereocenters. The summed E-state index contributed by atoms with van der Waals surface area (Å²) in [5.41, 5.74) is 2.19. The number of aromatic amines is 1. The van der Waals surface area contributed by atoms with E-state index < -0.39 is 0 Å². The van der Waals surface area contributed by atoms with Gasteiger partial charge in [-0.1, -0.05) is 23.2 Å². The Labute approximate surface area is 122 Å². The van der Waals surface area contributed by atoms with Gasteiger partial charge in [-0.3, -0.25) is 4.40 Å². The lowest BCUT2D eigenvalue weighted by molar-refractivity contribution is 0.881. The fourth-order valence-electron chi connectivity index (χ4n) is 2.16. The first-order chi connectivity index (χ1) is 9.72. The van der Waals surface area contributed by atoms with Gasteiger partial charge in [-0.15, -0.1) is 10.2 Å². The molecule has 8 heteroatoms.